The molecule has 1 aromatic rings. The van der Waals surface area contributed by atoms with Crippen LogP contribution >= 0.6 is 0 Å². The highest BCUT2D eigenvalue weighted by Crippen LogP contribution is 2.43. The van der Waals surface area contributed by atoms with Crippen molar-refractivity contribution in [3.8, 4) is 0 Å². The molecule has 7 nitrogen and oxygen atoms in total. The molecule has 92 valence electrons. The first-order valence-electron chi connectivity index (χ1n) is 5.35. The second-order valence-electron chi connectivity index (χ2n) is 4.42. The predicted octanol–water partition coefficient (Wildman–Crippen LogP) is -1.41. The molecule has 0 radical (unpaired) electrons. The Morgan fingerprint density at radius 3 is 3.06 bits per heavy atom. The molecule has 2 aliphatic heterocycles. The van der Waals surface area contributed by atoms with Crippen LogP contribution in [-0.4, -0.2) is 39.6 Å². The third-order valence-electron chi connectivity index (χ3n) is 3.24. The van der Waals surface area contributed by atoms with Crippen LogP contribution in [0.3, 0.4) is 0 Å². The normalized spacial score (nSPS) is 35.4. The SMILES string of the molecule is O=c1ccn([C@@H]2O[C@@]3(CO)CO[C@@H]2C3)c(=O)[nH]1. The second-order valence-corrected chi connectivity index (χ2v) is 4.42. The summed E-state index contributed by atoms with van der Waals surface area (Å²) >= 11 is 0. The van der Waals surface area contributed by atoms with Gasteiger partial charge in [0.1, 0.15) is 11.7 Å². The lowest BCUT2D eigenvalue weighted by Crippen LogP contribution is -2.42. The van der Waals surface area contributed by atoms with Gasteiger partial charge in [0.05, 0.1) is 13.2 Å². The van der Waals surface area contributed by atoms with Crippen LogP contribution in [0.15, 0.2) is 21.9 Å². The molecule has 2 bridgehead atoms. The molecule has 2 fully saturated rings. The average molecular weight is 240 g/mol. The van der Waals surface area contributed by atoms with E-state index < -0.39 is 23.1 Å². The van der Waals surface area contributed by atoms with Gasteiger partial charge in [-0.05, 0) is 0 Å². The van der Waals surface area contributed by atoms with Crippen LogP contribution in [0.2, 0.25) is 0 Å². The molecule has 0 unspecified atom stereocenters. The summed E-state index contributed by atoms with van der Waals surface area (Å²) in [6, 6.07) is 1.25. The van der Waals surface area contributed by atoms with Crippen molar-refractivity contribution >= 4 is 0 Å². The number of hydrogen-bond donors (Lipinski definition) is 2. The van der Waals surface area contributed by atoms with E-state index in [0.29, 0.717) is 13.0 Å². The van der Waals surface area contributed by atoms with Gasteiger partial charge >= 0.3 is 5.69 Å². The summed E-state index contributed by atoms with van der Waals surface area (Å²) in [5, 5.41) is 9.27. The summed E-state index contributed by atoms with van der Waals surface area (Å²) in [6.45, 7) is 0.195. The smallest absolute Gasteiger partial charge is 0.330 e. The van der Waals surface area contributed by atoms with Gasteiger partial charge in [-0.25, -0.2) is 4.79 Å². The summed E-state index contributed by atoms with van der Waals surface area (Å²) in [7, 11) is 0. The number of aliphatic hydroxyl groups excluding tert-OH is 1. The van der Waals surface area contributed by atoms with Crippen LogP contribution in [0.5, 0.6) is 0 Å². The minimum Gasteiger partial charge on any atom is -0.393 e. The Kier molecular flexibility index (Phi) is 2.22. The molecule has 1 aromatic heterocycles. The largest absolute Gasteiger partial charge is 0.393 e. The number of aromatic nitrogens is 2. The van der Waals surface area contributed by atoms with E-state index in [4.69, 9.17) is 9.47 Å². The van der Waals surface area contributed by atoms with Crippen LogP contribution in [-0.2, 0) is 9.47 Å². The van der Waals surface area contributed by atoms with Gasteiger partial charge in [-0.2, -0.15) is 0 Å². The molecule has 0 aliphatic carbocycles. The van der Waals surface area contributed by atoms with Gasteiger partial charge in [-0.3, -0.25) is 14.3 Å². The number of nitrogens with one attached hydrogen (secondary N) is 1. The van der Waals surface area contributed by atoms with E-state index in [1.54, 1.807) is 0 Å². The van der Waals surface area contributed by atoms with Gasteiger partial charge in [0, 0.05) is 18.7 Å². The molecule has 2 aliphatic rings. The van der Waals surface area contributed by atoms with Crippen LogP contribution in [0.25, 0.3) is 0 Å². The zero-order valence-electron chi connectivity index (χ0n) is 8.96. The summed E-state index contributed by atoms with van der Waals surface area (Å²) in [5.74, 6) is 0. The molecule has 3 heterocycles. The van der Waals surface area contributed by atoms with Crippen LogP contribution in [0, 0.1) is 0 Å². The van der Waals surface area contributed by atoms with Gasteiger partial charge in [-0.1, -0.05) is 0 Å². The number of aliphatic hydroxyl groups is 1. The molecule has 0 saturated carbocycles. The number of hydrogen-bond acceptors (Lipinski definition) is 5. The Bertz CT molecular complexity index is 550. The van der Waals surface area contributed by atoms with Gasteiger partial charge in [0.25, 0.3) is 5.56 Å². The van der Waals surface area contributed by atoms with E-state index in [1.165, 1.54) is 16.8 Å². The Hall–Kier alpha value is -1.44. The molecule has 2 saturated heterocycles. The molecule has 0 aromatic carbocycles. The number of ether oxygens (including phenoxy) is 2. The fourth-order valence-electron chi connectivity index (χ4n) is 2.35. The minimum atomic E-state index is -0.703. The van der Waals surface area contributed by atoms with Gasteiger partial charge in [0.2, 0.25) is 0 Å². The van der Waals surface area contributed by atoms with Crippen LogP contribution < -0.4 is 11.2 Å². The molecule has 2 N–H and O–H groups in total. The van der Waals surface area contributed by atoms with Crippen molar-refractivity contribution in [2.75, 3.05) is 13.2 Å². The monoisotopic (exact) mass is 240 g/mol. The first kappa shape index (κ1) is 10.7. The van der Waals surface area contributed by atoms with E-state index >= 15 is 0 Å². The lowest BCUT2D eigenvalue weighted by Gasteiger charge is -2.29. The van der Waals surface area contributed by atoms with Crippen molar-refractivity contribution in [2.24, 2.45) is 0 Å². The minimum absolute atomic E-state index is 0.141. The second kappa shape index (κ2) is 3.52. The number of nitrogens with zero attached hydrogens (tertiary/aromatic N) is 1. The first-order valence-corrected chi connectivity index (χ1v) is 5.35. The van der Waals surface area contributed by atoms with Crippen molar-refractivity contribution in [3.63, 3.8) is 0 Å². The summed E-state index contributed by atoms with van der Waals surface area (Å²) in [4.78, 5) is 24.7. The van der Waals surface area contributed by atoms with Gasteiger partial charge in [-0.15, -0.1) is 0 Å². The number of H-pyrrole nitrogens is 1. The number of aromatic amines is 1. The fourth-order valence-corrected chi connectivity index (χ4v) is 2.35. The summed E-state index contributed by atoms with van der Waals surface area (Å²) in [5.41, 5.74) is -1.69. The lowest BCUT2D eigenvalue weighted by molar-refractivity contribution is -0.184. The number of rotatable bonds is 2. The maximum atomic E-state index is 11.6. The van der Waals surface area contributed by atoms with E-state index in [0.717, 1.165) is 0 Å². The third kappa shape index (κ3) is 1.54. The van der Waals surface area contributed by atoms with E-state index in [2.05, 4.69) is 4.98 Å². The van der Waals surface area contributed by atoms with Crippen molar-refractivity contribution in [3.05, 3.63) is 33.1 Å². The highest BCUT2D eigenvalue weighted by Gasteiger charge is 2.54. The lowest BCUT2D eigenvalue weighted by atomic mass is 10.0. The van der Waals surface area contributed by atoms with Crippen molar-refractivity contribution in [2.45, 2.75) is 24.4 Å². The number of fused-ring (bicyclic) bond motifs is 2. The predicted molar refractivity (Wildman–Crippen MR) is 55.6 cm³/mol. The van der Waals surface area contributed by atoms with Crippen molar-refractivity contribution in [1.82, 2.24) is 9.55 Å². The Labute approximate surface area is 95.6 Å². The summed E-state index contributed by atoms with van der Waals surface area (Å²) in [6.07, 6.45) is 1.09. The molecule has 0 amide bonds. The maximum Gasteiger partial charge on any atom is 0.330 e. The third-order valence-corrected chi connectivity index (χ3v) is 3.24. The zero-order valence-corrected chi connectivity index (χ0v) is 8.96. The molecule has 3 rings (SSSR count). The quantitative estimate of drug-likeness (QED) is 0.662. The van der Waals surface area contributed by atoms with Crippen LogP contribution in [0.4, 0.5) is 0 Å². The Balaban J connectivity index is 1.97. The Morgan fingerprint density at radius 2 is 2.41 bits per heavy atom. The molecular formula is C10H12N2O5. The highest BCUT2D eigenvalue weighted by atomic mass is 16.6. The molecule has 0 spiro atoms. The van der Waals surface area contributed by atoms with Crippen LogP contribution in [0.1, 0.15) is 12.6 Å². The zero-order chi connectivity index (χ0) is 12.0. The first-order chi connectivity index (χ1) is 8.13. The Morgan fingerprint density at radius 1 is 1.59 bits per heavy atom. The molecular weight excluding hydrogens is 228 g/mol. The van der Waals surface area contributed by atoms with Crippen molar-refractivity contribution in [1.29, 1.82) is 0 Å². The molecule has 17 heavy (non-hydrogen) atoms. The van der Waals surface area contributed by atoms with E-state index in [9.17, 15) is 14.7 Å². The van der Waals surface area contributed by atoms with E-state index in [1.807, 2.05) is 0 Å². The fraction of sp³-hybridized carbons (Fsp3) is 0.600. The van der Waals surface area contributed by atoms with Gasteiger partial charge < -0.3 is 14.6 Å². The summed E-state index contributed by atoms with van der Waals surface area (Å²) < 4.78 is 12.4. The molecule has 3 atom stereocenters. The van der Waals surface area contributed by atoms with Gasteiger partial charge in [0.15, 0.2) is 6.23 Å². The maximum absolute atomic E-state index is 11.6. The standard InChI is InChI=1S/C10H12N2O5/c13-4-10-3-6(16-5-10)8(17-10)12-2-1-7(14)11-9(12)15/h1-2,6,8,13H,3-5H2,(H,11,14,15)/t6-,8-,10+/m1/s1. The highest BCUT2D eigenvalue weighted by molar-refractivity contribution is 5.00. The average Bonchev–Trinajstić information content (AvgIpc) is 2.87. The van der Waals surface area contributed by atoms with E-state index in [-0.39, 0.29) is 12.7 Å². The van der Waals surface area contributed by atoms with Crippen molar-refractivity contribution < 1.29 is 14.6 Å². The molecule has 7 heteroatoms. The topological polar surface area (TPSA) is 93.5 Å².